The van der Waals surface area contributed by atoms with Gasteiger partial charge in [-0.2, -0.15) is 0 Å². The second-order valence-electron chi connectivity index (χ2n) is 8.75. The zero-order valence-electron chi connectivity index (χ0n) is 18.5. The summed E-state index contributed by atoms with van der Waals surface area (Å²) in [6, 6.07) is 19.0. The number of carbonyl (C=O) groups excluding carboxylic acids is 1. The number of ether oxygens (including phenoxy) is 1. The Kier molecular flexibility index (Phi) is 8.91. The normalized spacial score (nSPS) is 24.8. The van der Waals surface area contributed by atoms with Gasteiger partial charge in [0, 0.05) is 19.6 Å². The molecule has 162 valence electrons. The van der Waals surface area contributed by atoms with E-state index in [4.69, 9.17) is 4.74 Å². The molecule has 0 N–H and O–H groups in total. The van der Waals surface area contributed by atoms with E-state index < -0.39 is 0 Å². The van der Waals surface area contributed by atoms with E-state index >= 15 is 0 Å². The van der Waals surface area contributed by atoms with Crippen LogP contribution in [0.3, 0.4) is 0 Å². The van der Waals surface area contributed by atoms with Gasteiger partial charge < -0.3 is 9.64 Å². The van der Waals surface area contributed by atoms with E-state index in [0.717, 1.165) is 25.4 Å². The number of piperidine rings is 1. The van der Waals surface area contributed by atoms with E-state index in [2.05, 4.69) is 60.2 Å². The zero-order valence-corrected chi connectivity index (χ0v) is 18.5. The number of fused-ring (bicyclic) bond motifs is 5. The highest BCUT2D eigenvalue weighted by molar-refractivity contribution is 5.37. The second kappa shape index (κ2) is 11.9. The molecule has 0 aromatic heterocycles. The first-order valence-electron chi connectivity index (χ1n) is 11.2. The molecule has 2 bridgehead atoms. The third-order valence-electron chi connectivity index (χ3n) is 6.28. The van der Waals surface area contributed by atoms with E-state index in [9.17, 15) is 4.79 Å². The number of rotatable bonds is 2. The summed E-state index contributed by atoms with van der Waals surface area (Å²) in [5, 5.41) is 0. The molecule has 2 aromatic rings. The van der Waals surface area contributed by atoms with E-state index in [0.29, 0.717) is 6.47 Å². The van der Waals surface area contributed by atoms with Crippen LogP contribution < -0.4 is 0 Å². The van der Waals surface area contributed by atoms with Crippen LogP contribution in [0.15, 0.2) is 54.6 Å². The fourth-order valence-corrected chi connectivity index (χ4v) is 4.49. The van der Waals surface area contributed by atoms with Gasteiger partial charge in [-0.15, -0.1) is 0 Å². The topological polar surface area (TPSA) is 32.8 Å². The minimum Gasteiger partial charge on any atom is -0.463 e. The molecule has 3 saturated heterocycles. The Bertz CT molecular complexity index is 743. The monoisotopic (exact) mass is 408 g/mol. The molecule has 4 nitrogen and oxygen atoms in total. The van der Waals surface area contributed by atoms with Crippen molar-refractivity contribution in [2.45, 2.75) is 45.3 Å². The predicted octanol–water partition coefficient (Wildman–Crippen LogP) is 4.31. The quantitative estimate of drug-likeness (QED) is 0.693. The van der Waals surface area contributed by atoms with Crippen LogP contribution in [0.5, 0.6) is 0 Å². The Labute approximate surface area is 181 Å². The average Bonchev–Trinajstić information content (AvgIpc) is 3.08. The molecule has 6 rings (SSSR count). The van der Waals surface area contributed by atoms with Crippen molar-refractivity contribution in [1.29, 1.82) is 0 Å². The van der Waals surface area contributed by atoms with Crippen LogP contribution in [0.4, 0.5) is 0 Å². The minimum atomic E-state index is 0.164. The van der Waals surface area contributed by atoms with Gasteiger partial charge in [-0.05, 0) is 69.8 Å². The summed E-state index contributed by atoms with van der Waals surface area (Å²) >= 11 is 0. The van der Waals surface area contributed by atoms with Crippen LogP contribution in [-0.2, 0) is 22.5 Å². The highest BCUT2D eigenvalue weighted by Crippen LogP contribution is 2.27. The molecule has 1 atom stereocenters. The SMILES string of the molecule is CN1CCc2ccccc2C1.Cc1ccccc1.O=COC1CC2CCN(CC2)C1. The van der Waals surface area contributed by atoms with Crippen molar-refractivity contribution in [3.63, 3.8) is 0 Å². The van der Waals surface area contributed by atoms with Crippen LogP contribution in [-0.4, -0.2) is 55.6 Å². The molecular formula is C26H36N2O2. The molecule has 3 fully saturated rings. The van der Waals surface area contributed by atoms with Crippen molar-refractivity contribution < 1.29 is 9.53 Å². The van der Waals surface area contributed by atoms with Gasteiger partial charge in [0.2, 0.25) is 0 Å². The van der Waals surface area contributed by atoms with E-state index in [1.165, 1.54) is 55.6 Å². The third-order valence-corrected chi connectivity index (χ3v) is 6.28. The summed E-state index contributed by atoms with van der Waals surface area (Å²) < 4.78 is 5.02. The molecule has 0 aliphatic carbocycles. The Hall–Kier alpha value is -2.17. The number of carbonyl (C=O) groups is 1. The van der Waals surface area contributed by atoms with Gasteiger partial charge in [-0.25, -0.2) is 0 Å². The van der Waals surface area contributed by atoms with E-state index in [1.54, 1.807) is 0 Å². The second-order valence-corrected chi connectivity index (χ2v) is 8.75. The Morgan fingerprint density at radius 1 is 0.933 bits per heavy atom. The maximum atomic E-state index is 10.2. The minimum absolute atomic E-state index is 0.164. The standard InChI is InChI=1S/C10H13N.C9H15NO2.C7H8/c1-11-7-6-9-4-2-3-5-10(9)8-11;11-7-12-9-5-8-1-3-10(6-9)4-2-8;1-7-5-3-2-4-6-7/h2-5H,6-8H2,1H3;7-9H,1-6H2;2-6H,1H3. The number of benzene rings is 2. The van der Waals surface area contributed by atoms with Crippen molar-refractivity contribution >= 4 is 6.47 Å². The predicted molar refractivity (Wildman–Crippen MR) is 122 cm³/mol. The number of hydrogen-bond acceptors (Lipinski definition) is 4. The molecular weight excluding hydrogens is 372 g/mol. The number of hydrogen-bond donors (Lipinski definition) is 0. The molecule has 0 radical (unpaired) electrons. The van der Waals surface area contributed by atoms with E-state index in [-0.39, 0.29) is 6.10 Å². The van der Waals surface area contributed by atoms with Gasteiger partial charge >= 0.3 is 0 Å². The maximum absolute atomic E-state index is 10.2. The molecule has 30 heavy (non-hydrogen) atoms. The number of likely N-dealkylation sites (N-methyl/N-ethyl adjacent to an activating group) is 1. The lowest BCUT2D eigenvalue weighted by atomic mass is 9.95. The van der Waals surface area contributed by atoms with Gasteiger partial charge in [0.15, 0.2) is 0 Å². The van der Waals surface area contributed by atoms with Gasteiger partial charge in [0.25, 0.3) is 6.47 Å². The van der Waals surface area contributed by atoms with Crippen molar-refractivity contribution in [2.75, 3.05) is 33.2 Å². The third kappa shape index (κ3) is 7.26. The summed E-state index contributed by atoms with van der Waals surface area (Å²) in [6.45, 7) is 8.35. The first-order chi connectivity index (χ1) is 14.6. The van der Waals surface area contributed by atoms with Crippen molar-refractivity contribution in [3.05, 3.63) is 71.3 Å². The first-order valence-corrected chi connectivity index (χ1v) is 11.2. The fraction of sp³-hybridized carbons (Fsp3) is 0.500. The van der Waals surface area contributed by atoms with Crippen LogP contribution in [0, 0.1) is 12.8 Å². The van der Waals surface area contributed by atoms with E-state index in [1.807, 2.05) is 18.2 Å². The van der Waals surface area contributed by atoms with Crippen molar-refractivity contribution in [2.24, 2.45) is 5.92 Å². The number of aryl methyl sites for hydroxylation is 1. The Morgan fingerprint density at radius 2 is 1.60 bits per heavy atom. The largest absolute Gasteiger partial charge is 0.463 e. The van der Waals surface area contributed by atoms with Crippen LogP contribution >= 0.6 is 0 Å². The molecule has 4 aliphatic rings. The van der Waals surface area contributed by atoms with Crippen LogP contribution in [0.2, 0.25) is 0 Å². The zero-order chi connectivity index (χ0) is 21.2. The lowest BCUT2D eigenvalue weighted by Crippen LogP contribution is -2.33. The summed E-state index contributed by atoms with van der Waals surface area (Å²) in [7, 11) is 2.18. The van der Waals surface area contributed by atoms with Crippen LogP contribution in [0.1, 0.15) is 36.0 Å². The molecule has 0 spiro atoms. The first kappa shape index (κ1) is 22.5. The van der Waals surface area contributed by atoms with Gasteiger partial charge in [0.05, 0.1) is 0 Å². The smallest absolute Gasteiger partial charge is 0.293 e. The maximum Gasteiger partial charge on any atom is 0.293 e. The molecule has 0 saturated carbocycles. The Balaban J connectivity index is 0.000000133. The Morgan fingerprint density at radius 3 is 2.23 bits per heavy atom. The summed E-state index contributed by atoms with van der Waals surface area (Å²) in [4.78, 5) is 14.9. The van der Waals surface area contributed by atoms with Gasteiger partial charge in [-0.1, -0.05) is 60.2 Å². The summed E-state index contributed by atoms with van der Waals surface area (Å²) in [5.41, 5.74) is 4.36. The summed E-state index contributed by atoms with van der Waals surface area (Å²) in [5.74, 6) is 0.800. The van der Waals surface area contributed by atoms with Crippen molar-refractivity contribution in [1.82, 2.24) is 9.80 Å². The molecule has 0 amide bonds. The van der Waals surface area contributed by atoms with Crippen molar-refractivity contribution in [3.8, 4) is 0 Å². The highest BCUT2D eigenvalue weighted by Gasteiger charge is 2.29. The molecule has 4 aliphatic heterocycles. The summed E-state index contributed by atoms with van der Waals surface area (Å²) in [6.07, 6.45) is 5.04. The lowest BCUT2D eigenvalue weighted by molar-refractivity contribution is -0.134. The highest BCUT2D eigenvalue weighted by atomic mass is 16.5. The van der Waals surface area contributed by atoms with Gasteiger partial charge in [0.1, 0.15) is 6.10 Å². The average molecular weight is 409 g/mol. The molecule has 2 aromatic carbocycles. The molecule has 1 unspecified atom stereocenters. The lowest BCUT2D eigenvalue weighted by Gasteiger charge is -2.25. The molecule has 4 heterocycles. The van der Waals surface area contributed by atoms with Crippen LogP contribution in [0.25, 0.3) is 0 Å². The molecule has 4 heteroatoms. The number of nitrogens with zero attached hydrogens (tertiary/aromatic N) is 2. The van der Waals surface area contributed by atoms with Gasteiger partial charge in [-0.3, -0.25) is 9.69 Å². The fourth-order valence-electron chi connectivity index (χ4n) is 4.49.